The summed E-state index contributed by atoms with van der Waals surface area (Å²) in [6.07, 6.45) is 1.82. The van der Waals surface area contributed by atoms with Crippen LogP contribution in [0.1, 0.15) is 6.92 Å². The molecular formula is C12H14N4. The van der Waals surface area contributed by atoms with E-state index in [-0.39, 0.29) is 5.54 Å². The van der Waals surface area contributed by atoms with Crippen LogP contribution in [0.5, 0.6) is 0 Å². The molecule has 3 rings (SSSR count). The van der Waals surface area contributed by atoms with Crippen LogP contribution in [0.15, 0.2) is 30.5 Å². The molecule has 2 N–H and O–H groups in total. The number of fused-ring (bicyclic) bond motifs is 1. The molecule has 0 saturated carbocycles. The molecule has 0 aliphatic carbocycles. The number of hydrogen-bond donors (Lipinski definition) is 1. The van der Waals surface area contributed by atoms with Crippen LogP contribution in [0.25, 0.3) is 10.9 Å². The second-order valence-corrected chi connectivity index (χ2v) is 4.76. The van der Waals surface area contributed by atoms with Crippen molar-refractivity contribution < 1.29 is 0 Å². The fraction of sp³-hybridized carbons (Fsp3) is 0.333. The van der Waals surface area contributed by atoms with Gasteiger partial charge >= 0.3 is 0 Å². The second-order valence-electron chi connectivity index (χ2n) is 4.76. The second kappa shape index (κ2) is 3.15. The average Bonchev–Trinajstić information content (AvgIpc) is 2.25. The fourth-order valence-electron chi connectivity index (χ4n) is 2.24. The van der Waals surface area contributed by atoms with Gasteiger partial charge in [0.05, 0.1) is 17.4 Å². The van der Waals surface area contributed by atoms with Crippen molar-refractivity contribution in [3.05, 3.63) is 30.5 Å². The third-order valence-corrected chi connectivity index (χ3v) is 2.97. The van der Waals surface area contributed by atoms with E-state index < -0.39 is 0 Å². The third-order valence-electron chi connectivity index (χ3n) is 2.97. The monoisotopic (exact) mass is 214 g/mol. The average molecular weight is 214 g/mol. The normalized spacial score (nSPS) is 18.5. The molecule has 1 saturated heterocycles. The molecule has 1 aliphatic rings. The number of anilines is 1. The molecule has 0 atom stereocenters. The van der Waals surface area contributed by atoms with Crippen LogP contribution in [0, 0.1) is 0 Å². The molecule has 4 nitrogen and oxygen atoms in total. The maximum atomic E-state index is 6.02. The Morgan fingerprint density at radius 2 is 2.06 bits per heavy atom. The van der Waals surface area contributed by atoms with Gasteiger partial charge < -0.3 is 10.6 Å². The molecule has 1 fully saturated rings. The molecule has 2 aromatic rings. The zero-order valence-corrected chi connectivity index (χ0v) is 9.22. The quantitative estimate of drug-likeness (QED) is 0.774. The molecule has 2 heterocycles. The fourth-order valence-corrected chi connectivity index (χ4v) is 2.24. The van der Waals surface area contributed by atoms with Gasteiger partial charge in [0.1, 0.15) is 0 Å². The first kappa shape index (κ1) is 9.54. The first-order valence-electron chi connectivity index (χ1n) is 5.40. The summed E-state index contributed by atoms with van der Waals surface area (Å²) in [5, 5.41) is 9.29. The first-order chi connectivity index (χ1) is 7.66. The summed E-state index contributed by atoms with van der Waals surface area (Å²) in [5.74, 6) is 0. The lowest BCUT2D eigenvalue weighted by Gasteiger charge is -2.47. The van der Waals surface area contributed by atoms with Gasteiger partial charge in [0, 0.05) is 24.0 Å². The van der Waals surface area contributed by atoms with Crippen LogP contribution in [-0.4, -0.2) is 28.8 Å². The van der Waals surface area contributed by atoms with Gasteiger partial charge in [-0.05, 0) is 13.0 Å². The van der Waals surface area contributed by atoms with Crippen molar-refractivity contribution in [2.75, 3.05) is 18.0 Å². The van der Waals surface area contributed by atoms with Gasteiger partial charge in [-0.2, -0.15) is 10.2 Å². The molecule has 1 aromatic heterocycles. The molecule has 4 heteroatoms. The zero-order valence-electron chi connectivity index (χ0n) is 9.22. The summed E-state index contributed by atoms with van der Waals surface area (Å²) in [6, 6.07) is 8.05. The van der Waals surface area contributed by atoms with Crippen LogP contribution in [0.2, 0.25) is 0 Å². The smallest absolute Gasteiger partial charge is 0.0950 e. The first-order valence-corrected chi connectivity index (χ1v) is 5.40. The van der Waals surface area contributed by atoms with Crippen molar-refractivity contribution in [1.29, 1.82) is 0 Å². The molecule has 0 radical (unpaired) electrons. The number of nitrogens with two attached hydrogens (primary N) is 1. The Labute approximate surface area is 94.1 Å². The molecule has 0 amide bonds. The Morgan fingerprint density at radius 3 is 2.81 bits per heavy atom. The SMILES string of the molecule is CC1(N)CN(c2cnnc3ccccc23)C1. The minimum Gasteiger partial charge on any atom is -0.366 e. The van der Waals surface area contributed by atoms with Crippen molar-refractivity contribution in [3.63, 3.8) is 0 Å². The predicted octanol–water partition coefficient (Wildman–Crippen LogP) is 1.17. The molecule has 0 bridgehead atoms. The van der Waals surface area contributed by atoms with Crippen LogP contribution in [-0.2, 0) is 0 Å². The summed E-state index contributed by atoms with van der Waals surface area (Å²) in [6.45, 7) is 3.83. The zero-order chi connectivity index (χ0) is 11.2. The number of aromatic nitrogens is 2. The maximum Gasteiger partial charge on any atom is 0.0950 e. The Hall–Kier alpha value is -1.68. The summed E-state index contributed by atoms with van der Waals surface area (Å²) in [4.78, 5) is 2.25. The van der Waals surface area contributed by atoms with E-state index in [0.29, 0.717) is 0 Å². The summed E-state index contributed by atoms with van der Waals surface area (Å²) < 4.78 is 0. The highest BCUT2D eigenvalue weighted by Gasteiger charge is 2.35. The molecule has 1 aromatic carbocycles. The van der Waals surface area contributed by atoms with E-state index in [4.69, 9.17) is 5.73 Å². The topological polar surface area (TPSA) is 55.0 Å². The van der Waals surface area contributed by atoms with E-state index >= 15 is 0 Å². The number of hydrogen-bond acceptors (Lipinski definition) is 4. The maximum absolute atomic E-state index is 6.02. The third kappa shape index (κ3) is 1.42. The van der Waals surface area contributed by atoms with Crippen LogP contribution < -0.4 is 10.6 Å². The highest BCUT2D eigenvalue weighted by atomic mass is 15.3. The van der Waals surface area contributed by atoms with E-state index in [0.717, 1.165) is 29.7 Å². The largest absolute Gasteiger partial charge is 0.366 e. The Bertz CT molecular complexity index is 522. The Balaban J connectivity index is 2.05. The standard InChI is InChI=1S/C12H14N4/c1-12(13)7-16(8-12)11-6-14-15-10-5-3-2-4-9(10)11/h2-6H,7-8,13H2,1H3. The van der Waals surface area contributed by atoms with Gasteiger partial charge in [0.2, 0.25) is 0 Å². The van der Waals surface area contributed by atoms with Crippen molar-refractivity contribution >= 4 is 16.6 Å². The highest BCUT2D eigenvalue weighted by molar-refractivity contribution is 5.91. The molecule has 82 valence electrons. The van der Waals surface area contributed by atoms with E-state index in [1.54, 1.807) is 0 Å². The highest BCUT2D eigenvalue weighted by Crippen LogP contribution is 2.30. The summed E-state index contributed by atoms with van der Waals surface area (Å²) in [7, 11) is 0. The van der Waals surface area contributed by atoms with E-state index in [9.17, 15) is 0 Å². The van der Waals surface area contributed by atoms with Gasteiger partial charge in [0.25, 0.3) is 0 Å². The minimum atomic E-state index is -0.0651. The lowest BCUT2D eigenvalue weighted by Crippen LogP contribution is -2.65. The predicted molar refractivity (Wildman–Crippen MR) is 64.3 cm³/mol. The van der Waals surface area contributed by atoms with Gasteiger partial charge in [-0.3, -0.25) is 0 Å². The van der Waals surface area contributed by atoms with Crippen molar-refractivity contribution in [2.45, 2.75) is 12.5 Å². The van der Waals surface area contributed by atoms with Crippen molar-refractivity contribution in [3.8, 4) is 0 Å². The molecule has 0 spiro atoms. The molecule has 16 heavy (non-hydrogen) atoms. The van der Waals surface area contributed by atoms with Crippen LogP contribution in [0.3, 0.4) is 0 Å². The van der Waals surface area contributed by atoms with Crippen molar-refractivity contribution in [1.82, 2.24) is 10.2 Å². The van der Waals surface area contributed by atoms with Gasteiger partial charge in [-0.1, -0.05) is 18.2 Å². The summed E-state index contributed by atoms with van der Waals surface area (Å²) in [5.41, 5.74) is 8.02. The van der Waals surface area contributed by atoms with Gasteiger partial charge in [0.15, 0.2) is 0 Å². The van der Waals surface area contributed by atoms with Crippen LogP contribution in [0.4, 0.5) is 5.69 Å². The Kier molecular flexibility index (Phi) is 1.88. The van der Waals surface area contributed by atoms with E-state index in [1.165, 1.54) is 0 Å². The van der Waals surface area contributed by atoms with Crippen LogP contribution >= 0.6 is 0 Å². The number of nitrogens with zero attached hydrogens (tertiary/aromatic N) is 3. The number of rotatable bonds is 1. The lowest BCUT2D eigenvalue weighted by molar-refractivity contribution is 0.366. The van der Waals surface area contributed by atoms with Gasteiger partial charge in [-0.15, -0.1) is 0 Å². The number of benzene rings is 1. The van der Waals surface area contributed by atoms with E-state index in [1.807, 2.05) is 24.4 Å². The summed E-state index contributed by atoms with van der Waals surface area (Å²) >= 11 is 0. The minimum absolute atomic E-state index is 0.0651. The lowest BCUT2D eigenvalue weighted by atomic mass is 9.93. The Morgan fingerprint density at radius 1 is 1.31 bits per heavy atom. The molecular weight excluding hydrogens is 200 g/mol. The van der Waals surface area contributed by atoms with Crippen molar-refractivity contribution in [2.24, 2.45) is 5.73 Å². The molecule has 0 unspecified atom stereocenters. The van der Waals surface area contributed by atoms with Gasteiger partial charge in [-0.25, -0.2) is 0 Å². The molecule has 1 aliphatic heterocycles. The van der Waals surface area contributed by atoms with E-state index in [2.05, 4.69) is 28.1 Å².